The van der Waals surface area contributed by atoms with Gasteiger partial charge in [-0.05, 0) is 49.9 Å². The van der Waals surface area contributed by atoms with E-state index in [4.69, 9.17) is 9.47 Å². The Labute approximate surface area is 126 Å². The Morgan fingerprint density at radius 1 is 1.24 bits per heavy atom. The summed E-state index contributed by atoms with van der Waals surface area (Å²) in [5.74, 6) is 0.945. The zero-order valence-electron chi connectivity index (χ0n) is 13.0. The monoisotopic (exact) mass is 288 g/mol. The van der Waals surface area contributed by atoms with Gasteiger partial charge in [0, 0.05) is 18.4 Å². The van der Waals surface area contributed by atoms with Crippen molar-refractivity contribution >= 4 is 6.29 Å². The molecule has 3 heteroatoms. The standard InChI is InChI=1S/C18H24O3/c1-13-9-15(12-19)10-14(2)17(13)21-16-5-8-20-18(11-16)6-3-4-7-18/h9-10,12,16H,3-8,11H2,1-2H3. The fraction of sp³-hybridized carbons (Fsp3) is 0.611. The van der Waals surface area contributed by atoms with Gasteiger partial charge in [0.15, 0.2) is 0 Å². The molecule has 0 aromatic heterocycles. The van der Waals surface area contributed by atoms with Crippen LogP contribution in [0.3, 0.4) is 0 Å². The van der Waals surface area contributed by atoms with E-state index in [0.717, 1.165) is 48.2 Å². The van der Waals surface area contributed by atoms with Crippen molar-refractivity contribution in [3.05, 3.63) is 28.8 Å². The fourth-order valence-electron chi connectivity index (χ4n) is 3.86. The van der Waals surface area contributed by atoms with Crippen LogP contribution in [0.2, 0.25) is 0 Å². The Balaban J connectivity index is 1.75. The van der Waals surface area contributed by atoms with E-state index in [2.05, 4.69) is 0 Å². The molecule has 1 aromatic carbocycles. The molecule has 0 N–H and O–H groups in total. The fourth-order valence-corrected chi connectivity index (χ4v) is 3.86. The van der Waals surface area contributed by atoms with E-state index in [1.54, 1.807) is 0 Å². The highest BCUT2D eigenvalue weighted by Gasteiger charge is 2.40. The van der Waals surface area contributed by atoms with Crippen LogP contribution in [-0.2, 0) is 4.74 Å². The van der Waals surface area contributed by atoms with E-state index in [9.17, 15) is 4.79 Å². The van der Waals surface area contributed by atoms with Gasteiger partial charge in [0.1, 0.15) is 18.1 Å². The number of ether oxygens (including phenoxy) is 2. The first kappa shape index (κ1) is 14.6. The summed E-state index contributed by atoms with van der Waals surface area (Å²) < 4.78 is 12.4. The van der Waals surface area contributed by atoms with Crippen molar-refractivity contribution in [2.24, 2.45) is 0 Å². The van der Waals surface area contributed by atoms with Crippen LogP contribution in [0, 0.1) is 13.8 Å². The molecule has 3 nitrogen and oxygen atoms in total. The van der Waals surface area contributed by atoms with Crippen LogP contribution in [0.15, 0.2) is 12.1 Å². The Hall–Kier alpha value is -1.35. The highest BCUT2D eigenvalue weighted by molar-refractivity contribution is 5.76. The predicted molar refractivity (Wildman–Crippen MR) is 82.1 cm³/mol. The normalized spacial score (nSPS) is 24.2. The first-order valence-electron chi connectivity index (χ1n) is 7.99. The molecule has 0 bridgehead atoms. The van der Waals surface area contributed by atoms with Gasteiger partial charge in [-0.25, -0.2) is 0 Å². The second kappa shape index (κ2) is 5.80. The van der Waals surface area contributed by atoms with Gasteiger partial charge in [0.2, 0.25) is 0 Å². The molecule has 2 fully saturated rings. The number of benzene rings is 1. The molecule has 0 radical (unpaired) electrons. The lowest BCUT2D eigenvalue weighted by Crippen LogP contribution is -2.41. The molecular formula is C18H24O3. The van der Waals surface area contributed by atoms with E-state index < -0.39 is 0 Å². The van der Waals surface area contributed by atoms with E-state index >= 15 is 0 Å². The number of hydrogen-bond donors (Lipinski definition) is 0. The minimum atomic E-state index is 0.0768. The lowest BCUT2D eigenvalue weighted by molar-refractivity contribution is -0.108. The average Bonchev–Trinajstić information content (AvgIpc) is 2.90. The van der Waals surface area contributed by atoms with Crippen LogP contribution in [-0.4, -0.2) is 24.6 Å². The Morgan fingerprint density at radius 2 is 1.90 bits per heavy atom. The number of aryl methyl sites for hydroxylation is 2. The van der Waals surface area contributed by atoms with Crippen LogP contribution in [0.4, 0.5) is 0 Å². The van der Waals surface area contributed by atoms with E-state index in [1.807, 2.05) is 26.0 Å². The molecule has 1 saturated carbocycles. The molecule has 1 aliphatic carbocycles. The summed E-state index contributed by atoms with van der Waals surface area (Å²) in [6.45, 7) is 4.83. The van der Waals surface area contributed by atoms with Gasteiger partial charge in [0.05, 0.1) is 12.2 Å². The average molecular weight is 288 g/mol. The van der Waals surface area contributed by atoms with Crippen molar-refractivity contribution in [1.29, 1.82) is 0 Å². The van der Waals surface area contributed by atoms with Crippen LogP contribution in [0.25, 0.3) is 0 Å². The molecule has 2 aliphatic rings. The molecule has 1 atom stereocenters. The van der Waals surface area contributed by atoms with Crippen molar-refractivity contribution in [2.75, 3.05) is 6.61 Å². The highest BCUT2D eigenvalue weighted by Crippen LogP contribution is 2.41. The van der Waals surface area contributed by atoms with Gasteiger partial charge >= 0.3 is 0 Å². The lowest BCUT2D eigenvalue weighted by Gasteiger charge is -2.38. The molecule has 3 rings (SSSR count). The summed E-state index contributed by atoms with van der Waals surface area (Å²) in [5.41, 5.74) is 2.89. The summed E-state index contributed by atoms with van der Waals surface area (Å²) >= 11 is 0. The zero-order valence-corrected chi connectivity index (χ0v) is 13.0. The van der Waals surface area contributed by atoms with Gasteiger partial charge in [-0.1, -0.05) is 12.8 Å². The van der Waals surface area contributed by atoms with Gasteiger partial charge < -0.3 is 9.47 Å². The van der Waals surface area contributed by atoms with Crippen molar-refractivity contribution in [1.82, 2.24) is 0 Å². The summed E-state index contributed by atoms with van der Waals surface area (Å²) in [7, 11) is 0. The molecule has 114 valence electrons. The van der Waals surface area contributed by atoms with E-state index in [-0.39, 0.29) is 11.7 Å². The number of carbonyl (C=O) groups is 1. The van der Waals surface area contributed by atoms with Crippen LogP contribution in [0.1, 0.15) is 60.0 Å². The molecule has 1 saturated heterocycles. The number of rotatable bonds is 3. The van der Waals surface area contributed by atoms with Crippen LogP contribution in [0.5, 0.6) is 5.75 Å². The van der Waals surface area contributed by atoms with Gasteiger partial charge in [-0.2, -0.15) is 0 Å². The van der Waals surface area contributed by atoms with Gasteiger partial charge in [-0.15, -0.1) is 0 Å². The van der Waals surface area contributed by atoms with Crippen LogP contribution < -0.4 is 4.74 Å². The first-order valence-corrected chi connectivity index (χ1v) is 7.99. The van der Waals surface area contributed by atoms with Crippen molar-refractivity contribution in [3.8, 4) is 5.75 Å². The SMILES string of the molecule is Cc1cc(C=O)cc(C)c1OC1CCOC2(CCCC2)C1. The molecule has 1 aliphatic heterocycles. The third-order valence-electron chi connectivity index (χ3n) is 4.87. The summed E-state index contributed by atoms with van der Waals surface area (Å²) in [6.07, 6.45) is 7.99. The minimum absolute atomic E-state index is 0.0768. The van der Waals surface area contributed by atoms with Crippen molar-refractivity contribution < 1.29 is 14.3 Å². The molecule has 1 unspecified atom stereocenters. The minimum Gasteiger partial charge on any atom is -0.490 e. The number of hydrogen-bond acceptors (Lipinski definition) is 3. The first-order chi connectivity index (χ1) is 10.1. The predicted octanol–water partition coefficient (Wildman–Crippen LogP) is 3.99. The molecule has 1 heterocycles. The topological polar surface area (TPSA) is 35.5 Å². The van der Waals surface area contributed by atoms with Crippen molar-refractivity contribution in [3.63, 3.8) is 0 Å². The number of aldehydes is 1. The lowest BCUT2D eigenvalue weighted by atomic mass is 9.90. The molecule has 1 aromatic rings. The third kappa shape index (κ3) is 2.98. The second-order valence-electron chi connectivity index (χ2n) is 6.57. The maximum Gasteiger partial charge on any atom is 0.150 e. The molecular weight excluding hydrogens is 264 g/mol. The smallest absolute Gasteiger partial charge is 0.150 e. The maximum absolute atomic E-state index is 10.9. The Kier molecular flexibility index (Phi) is 4.03. The van der Waals surface area contributed by atoms with Gasteiger partial charge in [-0.3, -0.25) is 4.79 Å². The molecule has 1 spiro atoms. The molecule has 0 amide bonds. The summed E-state index contributed by atoms with van der Waals surface area (Å²) in [4.78, 5) is 10.9. The Bertz CT molecular complexity index is 506. The maximum atomic E-state index is 10.9. The number of carbonyl (C=O) groups excluding carboxylic acids is 1. The summed E-state index contributed by atoms with van der Waals surface area (Å²) in [6, 6.07) is 3.81. The quantitative estimate of drug-likeness (QED) is 0.789. The van der Waals surface area contributed by atoms with Crippen molar-refractivity contribution in [2.45, 2.75) is 64.1 Å². The van der Waals surface area contributed by atoms with E-state index in [0.29, 0.717) is 0 Å². The van der Waals surface area contributed by atoms with E-state index in [1.165, 1.54) is 25.7 Å². The largest absolute Gasteiger partial charge is 0.490 e. The molecule has 21 heavy (non-hydrogen) atoms. The van der Waals surface area contributed by atoms with Crippen LogP contribution >= 0.6 is 0 Å². The zero-order chi connectivity index (χ0) is 14.9. The highest BCUT2D eigenvalue weighted by atomic mass is 16.5. The second-order valence-corrected chi connectivity index (χ2v) is 6.57. The Morgan fingerprint density at radius 3 is 2.52 bits per heavy atom. The summed E-state index contributed by atoms with van der Waals surface area (Å²) in [5, 5.41) is 0. The van der Waals surface area contributed by atoms with Gasteiger partial charge in [0.25, 0.3) is 0 Å². The third-order valence-corrected chi connectivity index (χ3v) is 4.87.